The highest BCUT2D eigenvalue weighted by atomic mass is 35.5. The summed E-state index contributed by atoms with van der Waals surface area (Å²) in [5, 5.41) is 0.597. The van der Waals surface area contributed by atoms with Gasteiger partial charge < -0.3 is 14.4 Å². The topological polar surface area (TPSA) is 38.8 Å². The number of rotatable bonds is 2. The van der Waals surface area contributed by atoms with E-state index in [1.54, 1.807) is 11.0 Å². The Morgan fingerprint density at radius 1 is 1.18 bits per heavy atom. The highest BCUT2D eigenvalue weighted by Crippen LogP contribution is 2.29. The SMILES string of the molecule is O=C(OCc1ccccc1)N1CCOc2cccc(Cl)c2C1. The number of nitrogens with zero attached hydrogens (tertiary/aromatic N) is 1. The first-order valence-electron chi connectivity index (χ1n) is 7.10. The van der Waals surface area contributed by atoms with Crippen molar-refractivity contribution < 1.29 is 14.3 Å². The van der Waals surface area contributed by atoms with E-state index in [0.29, 0.717) is 24.7 Å². The van der Waals surface area contributed by atoms with E-state index in [0.717, 1.165) is 16.9 Å². The second-order valence-electron chi connectivity index (χ2n) is 5.03. The first kappa shape index (κ1) is 14.7. The molecule has 0 atom stereocenters. The van der Waals surface area contributed by atoms with Gasteiger partial charge in [-0.3, -0.25) is 0 Å². The van der Waals surface area contributed by atoms with Crippen molar-refractivity contribution in [2.24, 2.45) is 0 Å². The van der Waals surface area contributed by atoms with Crippen molar-refractivity contribution in [2.45, 2.75) is 13.2 Å². The predicted molar refractivity (Wildman–Crippen MR) is 84.0 cm³/mol. The molecule has 1 heterocycles. The minimum absolute atomic E-state index is 0.256. The standard InChI is InChI=1S/C17H16ClNO3/c18-15-7-4-8-16-14(15)11-19(9-10-21-16)17(20)22-12-13-5-2-1-3-6-13/h1-8H,9-12H2. The van der Waals surface area contributed by atoms with E-state index in [1.165, 1.54) is 0 Å². The number of benzene rings is 2. The smallest absolute Gasteiger partial charge is 0.410 e. The summed E-state index contributed by atoms with van der Waals surface area (Å²) in [5.74, 6) is 0.728. The lowest BCUT2D eigenvalue weighted by Crippen LogP contribution is -2.32. The van der Waals surface area contributed by atoms with Gasteiger partial charge in [-0.25, -0.2) is 4.79 Å². The summed E-state index contributed by atoms with van der Waals surface area (Å²) in [7, 11) is 0. The van der Waals surface area contributed by atoms with Crippen LogP contribution in [0.15, 0.2) is 48.5 Å². The quantitative estimate of drug-likeness (QED) is 0.844. The molecule has 1 aliphatic heterocycles. The van der Waals surface area contributed by atoms with Crippen molar-refractivity contribution in [1.82, 2.24) is 4.90 Å². The molecule has 2 aromatic rings. The Morgan fingerprint density at radius 2 is 2.00 bits per heavy atom. The fraction of sp³-hybridized carbons (Fsp3) is 0.235. The highest BCUT2D eigenvalue weighted by molar-refractivity contribution is 6.31. The van der Waals surface area contributed by atoms with Crippen molar-refractivity contribution in [3.05, 3.63) is 64.7 Å². The van der Waals surface area contributed by atoms with Gasteiger partial charge in [0.05, 0.1) is 13.1 Å². The van der Waals surface area contributed by atoms with Gasteiger partial charge in [-0.05, 0) is 17.7 Å². The molecule has 114 valence electrons. The minimum Gasteiger partial charge on any atom is -0.491 e. The summed E-state index contributed by atoms with van der Waals surface area (Å²) < 4.78 is 11.0. The molecule has 2 aromatic carbocycles. The average molecular weight is 318 g/mol. The van der Waals surface area contributed by atoms with Gasteiger partial charge >= 0.3 is 6.09 Å². The summed E-state index contributed by atoms with van der Waals surface area (Å²) in [5.41, 5.74) is 1.78. The summed E-state index contributed by atoms with van der Waals surface area (Å²) in [6, 6.07) is 15.1. The van der Waals surface area contributed by atoms with Crippen LogP contribution in [0.3, 0.4) is 0 Å². The average Bonchev–Trinajstić information content (AvgIpc) is 2.77. The van der Waals surface area contributed by atoms with Crippen molar-refractivity contribution in [2.75, 3.05) is 13.2 Å². The van der Waals surface area contributed by atoms with Gasteiger partial charge in [0, 0.05) is 10.6 Å². The van der Waals surface area contributed by atoms with Crippen LogP contribution >= 0.6 is 11.6 Å². The molecule has 3 rings (SSSR count). The Balaban J connectivity index is 1.67. The van der Waals surface area contributed by atoms with Crippen LogP contribution in [0, 0.1) is 0 Å². The molecule has 0 saturated heterocycles. The van der Waals surface area contributed by atoms with Gasteiger partial charge in [0.15, 0.2) is 0 Å². The molecule has 0 unspecified atom stereocenters. The zero-order valence-electron chi connectivity index (χ0n) is 12.0. The number of carbonyl (C=O) groups excluding carboxylic acids is 1. The van der Waals surface area contributed by atoms with Gasteiger partial charge in [0.1, 0.15) is 19.0 Å². The monoisotopic (exact) mass is 317 g/mol. The van der Waals surface area contributed by atoms with Crippen molar-refractivity contribution in [3.8, 4) is 5.75 Å². The van der Waals surface area contributed by atoms with Crippen LogP contribution in [0.1, 0.15) is 11.1 Å². The van der Waals surface area contributed by atoms with Crippen molar-refractivity contribution in [1.29, 1.82) is 0 Å². The normalized spacial score (nSPS) is 13.8. The molecular formula is C17H16ClNO3. The molecule has 0 fully saturated rings. The Hall–Kier alpha value is -2.20. The lowest BCUT2D eigenvalue weighted by Gasteiger charge is -2.19. The Bertz CT molecular complexity index is 660. The van der Waals surface area contributed by atoms with Crippen molar-refractivity contribution in [3.63, 3.8) is 0 Å². The Morgan fingerprint density at radius 3 is 2.82 bits per heavy atom. The fourth-order valence-electron chi connectivity index (χ4n) is 2.33. The molecule has 4 nitrogen and oxygen atoms in total. The van der Waals surface area contributed by atoms with Crippen LogP contribution in [0.25, 0.3) is 0 Å². The van der Waals surface area contributed by atoms with E-state index in [-0.39, 0.29) is 12.7 Å². The molecule has 0 bridgehead atoms. The maximum absolute atomic E-state index is 12.3. The molecular weight excluding hydrogens is 302 g/mol. The summed E-state index contributed by atoms with van der Waals surface area (Å²) in [6.45, 7) is 1.54. The van der Waals surface area contributed by atoms with Crippen molar-refractivity contribution >= 4 is 17.7 Å². The van der Waals surface area contributed by atoms with E-state index in [1.807, 2.05) is 42.5 Å². The summed E-state index contributed by atoms with van der Waals surface area (Å²) >= 11 is 6.20. The van der Waals surface area contributed by atoms with Crippen LogP contribution in [-0.2, 0) is 17.9 Å². The van der Waals surface area contributed by atoms with Crippen LogP contribution in [0.4, 0.5) is 4.79 Å². The zero-order valence-corrected chi connectivity index (χ0v) is 12.8. The third-order valence-corrected chi connectivity index (χ3v) is 3.86. The largest absolute Gasteiger partial charge is 0.491 e. The fourth-order valence-corrected chi connectivity index (χ4v) is 2.56. The van der Waals surface area contributed by atoms with E-state index < -0.39 is 0 Å². The molecule has 5 heteroatoms. The second-order valence-corrected chi connectivity index (χ2v) is 5.43. The second kappa shape index (κ2) is 6.71. The number of fused-ring (bicyclic) bond motifs is 1. The number of ether oxygens (including phenoxy) is 2. The van der Waals surface area contributed by atoms with Crippen LogP contribution in [0.5, 0.6) is 5.75 Å². The van der Waals surface area contributed by atoms with Gasteiger partial charge in [0.2, 0.25) is 0 Å². The number of carbonyl (C=O) groups is 1. The third kappa shape index (κ3) is 3.34. The summed E-state index contributed by atoms with van der Waals surface area (Å²) in [4.78, 5) is 13.9. The van der Waals surface area contributed by atoms with Crippen LogP contribution in [-0.4, -0.2) is 24.1 Å². The molecule has 0 spiro atoms. The molecule has 0 aliphatic carbocycles. The van der Waals surface area contributed by atoms with E-state index in [9.17, 15) is 4.79 Å². The van der Waals surface area contributed by atoms with Gasteiger partial charge in [0.25, 0.3) is 0 Å². The van der Waals surface area contributed by atoms with E-state index in [4.69, 9.17) is 21.1 Å². The lowest BCUT2D eigenvalue weighted by molar-refractivity contribution is 0.0913. The van der Waals surface area contributed by atoms with Gasteiger partial charge in [-0.15, -0.1) is 0 Å². The maximum atomic E-state index is 12.3. The maximum Gasteiger partial charge on any atom is 0.410 e. The first-order chi connectivity index (χ1) is 10.7. The zero-order chi connectivity index (χ0) is 15.4. The number of hydrogen-bond donors (Lipinski definition) is 0. The molecule has 1 amide bonds. The third-order valence-electron chi connectivity index (χ3n) is 3.51. The van der Waals surface area contributed by atoms with Gasteiger partial charge in [-0.2, -0.15) is 0 Å². The molecule has 0 N–H and O–H groups in total. The van der Waals surface area contributed by atoms with Crippen LogP contribution in [0.2, 0.25) is 5.02 Å². The highest BCUT2D eigenvalue weighted by Gasteiger charge is 2.22. The Labute approximate surface area is 134 Å². The molecule has 0 radical (unpaired) electrons. The number of halogens is 1. The van der Waals surface area contributed by atoms with E-state index in [2.05, 4.69) is 0 Å². The number of hydrogen-bond acceptors (Lipinski definition) is 3. The predicted octanol–water partition coefficient (Wildman–Crippen LogP) is 3.87. The lowest BCUT2D eigenvalue weighted by atomic mass is 10.2. The molecule has 1 aliphatic rings. The van der Waals surface area contributed by atoms with Gasteiger partial charge in [-0.1, -0.05) is 48.0 Å². The molecule has 0 saturated carbocycles. The minimum atomic E-state index is -0.361. The molecule has 0 aromatic heterocycles. The van der Waals surface area contributed by atoms with E-state index >= 15 is 0 Å². The Kier molecular flexibility index (Phi) is 4.49. The first-order valence-corrected chi connectivity index (χ1v) is 7.47. The summed E-state index contributed by atoms with van der Waals surface area (Å²) in [6.07, 6.45) is -0.361. The van der Waals surface area contributed by atoms with Crippen LogP contribution < -0.4 is 4.74 Å². The molecule has 22 heavy (non-hydrogen) atoms. The number of amides is 1.